The summed E-state index contributed by atoms with van der Waals surface area (Å²) in [5.74, 6) is -0.972. The van der Waals surface area contributed by atoms with E-state index in [0.717, 1.165) is 36.9 Å². The molecule has 0 saturated heterocycles. The molecule has 0 saturated carbocycles. The third kappa shape index (κ3) is 4.84. The third-order valence-electron chi connectivity index (χ3n) is 3.96. The number of fused-ring (bicyclic) bond motifs is 1. The van der Waals surface area contributed by atoms with E-state index in [1.807, 2.05) is 13.0 Å². The van der Waals surface area contributed by atoms with Crippen LogP contribution in [0.5, 0.6) is 0 Å². The Morgan fingerprint density at radius 2 is 2.00 bits per heavy atom. The molecule has 1 aromatic carbocycles. The van der Waals surface area contributed by atoms with Gasteiger partial charge in [0.2, 0.25) is 0 Å². The predicted octanol–water partition coefficient (Wildman–Crippen LogP) is 3.40. The van der Waals surface area contributed by atoms with Gasteiger partial charge in [0, 0.05) is 6.04 Å². The molecule has 132 valence electrons. The predicted molar refractivity (Wildman–Crippen MR) is 86.5 cm³/mol. The van der Waals surface area contributed by atoms with Crippen LogP contribution in [0.1, 0.15) is 36.5 Å². The highest BCUT2D eigenvalue weighted by Crippen LogP contribution is 2.31. The van der Waals surface area contributed by atoms with Crippen LogP contribution in [0, 0.1) is 0 Å². The van der Waals surface area contributed by atoms with Crippen LogP contribution in [-0.4, -0.2) is 26.5 Å². The Morgan fingerprint density at radius 3 is 2.61 bits per heavy atom. The van der Waals surface area contributed by atoms with Crippen LogP contribution in [0.25, 0.3) is 0 Å². The zero-order valence-corrected chi connectivity index (χ0v) is 14.5. The quantitative estimate of drug-likeness (QED) is 0.862. The third-order valence-corrected chi connectivity index (χ3v) is 5.36. The maximum Gasteiger partial charge on any atom is 0.497 e. The summed E-state index contributed by atoms with van der Waals surface area (Å²) < 4.78 is 60.6. The Labute approximate surface area is 141 Å². The average molecular weight is 372 g/mol. The Morgan fingerprint density at radius 1 is 1.30 bits per heavy atom. The van der Waals surface area contributed by atoms with Crippen LogP contribution < -0.4 is 5.32 Å². The molecule has 1 atom stereocenters. The van der Waals surface area contributed by atoms with Crippen LogP contribution in [0.3, 0.4) is 0 Å². The fourth-order valence-electron chi connectivity index (χ4n) is 2.81. The van der Waals surface area contributed by atoms with Crippen LogP contribution >= 0.6 is 12.4 Å². The molecule has 0 unspecified atom stereocenters. The Bertz CT molecular complexity index is 632. The van der Waals surface area contributed by atoms with Gasteiger partial charge in [-0.05, 0) is 48.9 Å². The fraction of sp³-hybridized carbons (Fsp3) is 0.600. The molecule has 23 heavy (non-hydrogen) atoms. The second-order valence-electron chi connectivity index (χ2n) is 5.65. The minimum atomic E-state index is -5.20. The van der Waals surface area contributed by atoms with E-state index >= 15 is 0 Å². The Balaban J connectivity index is 0.00000264. The molecular weight excluding hydrogens is 351 g/mol. The molecule has 0 fully saturated rings. The van der Waals surface area contributed by atoms with Gasteiger partial charge < -0.3 is 5.32 Å². The molecule has 1 aromatic rings. The van der Waals surface area contributed by atoms with Crippen molar-refractivity contribution in [1.29, 1.82) is 0 Å². The van der Waals surface area contributed by atoms with Crippen molar-refractivity contribution < 1.29 is 21.6 Å². The van der Waals surface area contributed by atoms with Gasteiger partial charge in [-0.1, -0.05) is 25.1 Å². The molecule has 0 bridgehead atoms. The first-order valence-corrected chi connectivity index (χ1v) is 9.02. The van der Waals surface area contributed by atoms with E-state index in [2.05, 4.69) is 5.32 Å². The van der Waals surface area contributed by atoms with Crippen LogP contribution in [0.4, 0.5) is 13.2 Å². The van der Waals surface area contributed by atoms with Gasteiger partial charge in [-0.15, -0.1) is 12.4 Å². The lowest BCUT2D eigenvalue weighted by Crippen LogP contribution is -2.35. The summed E-state index contributed by atoms with van der Waals surface area (Å²) in [5, 5.41) is 3.36. The number of alkyl halides is 3. The van der Waals surface area contributed by atoms with Crippen molar-refractivity contribution in [2.75, 3.05) is 6.54 Å². The van der Waals surface area contributed by atoms with Crippen molar-refractivity contribution in [2.45, 2.75) is 49.9 Å². The highest BCUT2D eigenvalue weighted by atomic mass is 35.5. The molecule has 3 nitrogen and oxygen atoms in total. The zero-order valence-electron chi connectivity index (χ0n) is 12.8. The smallest absolute Gasteiger partial charge is 0.314 e. The van der Waals surface area contributed by atoms with Gasteiger partial charge in [0.25, 0.3) is 9.84 Å². The molecule has 2 rings (SSSR count). The standard InChI is InChI=1S/C15H20F3NO2S.ClH/c1-2-8-19-13-7-6-11-4-3-5-12(14(11)9-13)10-22(20,21)15(16,17)18;/h3-5,13,19H,2,6-10H2,1H3;1H/t13-;/m0./s1. The van der Waals surface area contributed by atoms with E-state index in [4.69, 9.17) is 0 Å². The summed E-state index contributed by atoms with van der Waals surface area (Å²) in [5.41, 5.74) is -3.21. The SMILES string of the molecule is CCCN[C@H]1CCc2cccc(CS(=O)(=O)C(F)(F)F)c2C1.Cl. The lowest BCUT2D eigenvalue weighted by molar-refractivity contribution is -0.0437. The summed E-state index contributed by atoms with van der Waals surface area (Å²) in [6.07, 6.45) is 3.24. The number of hydrogen-bond acceptors (Lipinski definition) is 3. The number of hydrogen-bond donors (Lipinski definition) is 1. The molecule has 0 aromatic heterocycles. The summed E-state index contributed by atoms with van der Waals surface area (Å²) in [6, 6.07) is 5.20. The van der Waals surface area contributed by atoms with Crippen molar-refractivity contribution in [3.05, 3.63) is 34.9 Å². The van der Waals surface area contributed by atoms with Crippen molar-refractivity contribution in [3.63, 3.8) is 0 Å². The minimum absolute atomic E-state index is 0. The first kappa shape index (κ1) is 20.3. The normalized spacial score (nSPS) is 18.2. The fourth-order valence-corrected chi connectivity index (χ4v) is 3.65. The topological polar surface area (TPSA) is 46.2 Å². The van der Waals surface area contributed by atoms with Gasteiger partial charge in [0.05, 0.1) is 5.75 Å². The summed E-state index contributed by atoms with van der Waals surface area (Å²) in [4.78, 5) is 0. The number of aryl methyl sites for hydroxylation is 1. The minimum Gasteiger partial charge on any atom is -0.314 e. The van der Waals surface area contributed by atoms with Gasteiger partial charge in [0.1, 0.15) is 0 Å². The number of benzene rings is 1. The van der Waals surface area contributed by atoms with Gasteiger partial charge >= 0.3 is 5.51 Å². The van der Waals surface area contributed by atoms with Crippen molar-refractivity contribution in [2.24, 2.45) is 0 Å². The Hall–Kier alpha value is -0.790. The molecule has 0 spiro atoms. The van der Waals surface area contributed by atoms with Gasteiger partial charge in [0.15, 0.2) is 0 Å². The molecule has 1 N–H and O–H groups in total. The van der Waals surface area contributed by atoms with Crippen molar-refractivity contribution >= 4 is 22.2 Å². The molecule has 1 aliphatic carbocycles. The van der Waals surface area contributed by atoms with E-state index in [9.17, 15) is 21.6 Å². The second-order valence-corrected chi connectivity index (χ2v) is 7.63. The lowest BCUT2D eigenvalue weighted by atomic mass is 9.85. The molecule has 8 heteroatoms. The summed E-state index contributed by atoms with van der Waals surface area (Å²) in [7, 11) is -5.14. The maximum atomic E-state index is 12.6. The van der Waals surface area contributed by atoms with Crippen LogP contribution in [0.15, 0.2) is 18.2 Å². The van der Waals surface area contributed by atoms with E-state index in [-0.39, 0.29) is 24.0 Å². The molecule has 0 radical (unpaired) electrons. The zero-order chi connectivity index (χ0) is 16.4. The monoisotopic (exact) mass is 371 g/mol. The lowest BCUT2D eigenvalue weighted by Gasteiger charge is -2.27. The number of rotatable bonds is 5. The van der Waals surface area contributed by atoms with E-state index < -0.39 is 21.1 Å². The Kier molecular flexibility index (Phi) is 6.92. The molecule has 0 heterocycles. The number of sulfone groups is 1. The first-order valence-electron chi connectivity index (χ1n) is 7.36. The summed E-state index contributed by atoms with van der Waals surface area (Å²) in [6.45, 7) is 2.90. The van der Waals surface area contributed by atoms with E-state index in [1.54, 1.807) is 6.07 Å². The highest BCUT2D eigenvalue weighted by molar-refractivity contribution is 7.91. The summed E-state index contributed by atoms with van der Waals surface area (Å²) >= 11 is 0. The highest BCUT2D eigenvalue weighted by Gasteiger charge is 2.45. The van der Waals surface area contributed by atoms with Crippen molar-refractivity contribution in [1.82, 2.24) is 5.32 Å². The number of nitrogens with one attached hydrogen (secondary N) is 1. The van der Waals surface area contributed by atoms with Gasteiger partial charge in [-0.25, -0.2) is 8.42 Å². The molecule has 0 amide bonds. The molecular formula is C15H21ClF3NO2S. The number of halogens is 4. The first-order chi connectivity index (χ1) is 10.2. The average Bonchev–Trinajstić information content (AvgIpc) is 2.44. The second kappa shape index (κ2) is 7.85. The van der Waals surface area contributed by atoms with Gasteiger partial charge in [-0.2, -0.15) is 13.2 Å². The van der Waals surface area contributed by atoms with E-state index in [1.165, 1.54) is 6.07 Å². The van der Waals surface area contributed by atoms with Crippen LogP contribution in [-0.2, 0) is 28.4 Å². The molecule has 1 aliphatic rings. The maximum absolute atomic E-state index is 12.6. The van der Waals surface area contributed by atoms with Crippen molar-refractivity contribution in [3.8, 4) is 0 Å². The van der Waals surface area contributed by atoms with E-state index in [0.29, 0.717) is 6.42 Å². The van der Waals surface area contributed by atoms with Crippen LogP contribution in [0.2, 0.25) is 0 Å². The largest absolute Gasteiger partial charge is 0.497 e. The van der Waals surface area contributed by atoms with Gasteiger partial charge in [-0.3, -0.25) is 0 Å². The molecule has 0 aliphatic heterocycles.